The van der Waals surface area contributed by atoms with Gasteiger partial charge in [-0.3, -0.25) is 14.5 Å². The van der Waals surface area contributed by atoms with Crippen molar-refractivity contribution in [1.82, 2.24) is 9.80 Å². The zero-order chi connectivity index (χ0) is 22.1. The zero-order valence-electron chi connectivity index (χ0n) is 18.7. The summed E-state index contributed by atoms with van der Waals surface area (Å²) in [6, 6.07) is 16.0. The molecule has 2 unspecified atom stereocenters. The van der Waals surface area contributed by atoms with Crippen molar-refractivity contribution in [2.24, 2.45) is 0 Å². The molecule has 5 nitrogen and oxygen atoms in total. The molecule has 1 saturated heterocycles. The molecule has 2 atom stereocenters. The van der Waals surface area contributed by atoms with Crippen molar-refractivity contribution in [3.63, 3.8) is 0 Å². The van der Waals surface area contributed by atoms with Gasteiger partial charge >= 0.3 is 0 Å². The average molecular weight is 419 g/mol. The molecule has 0 aliphatic carbocycles. The zero-order valence-corrected chi connectivity index (χ0v) is 18.7. The van der Waals surface area contributed by atoms with Crippen molar-refractivity contribution < 1.29 is 14.3 Å². The van der Waals surface area contributed by atoms with Crippen LogP contribution >= 0.6 is 0 Å². The molecule has 2 aliphatic heterocycles. The number of carbonyl (C=O) groups is 2. The maximum absolute atomic E-state index is 13.6. The van der Waals surface area contributed by atoms with E-state index in [1.807, 2.05) is 70.2 Å². The number of rotatable bonds is 5. The van der Waals surface area contributed by atoms with E-state index in [9.17, 15) is 9.59 Å². The molecule has 2 aromatic carbocycles. The van der Waals surface area contributed by atoms with Crippen LogP contribution in [0.1, 0.15) is 36.1 Å². The van der Waals surface area contributed by atoms with Crippen molar-refractivity contribution in [2.75, 3.05) is 19.6 Å². The van der Waals surface area contributed by atoms with Gasteiger partial charge in [0.1, 0.15) is 5.70 Å². The van der Waals surface area contributed by atoms with E-state index in [4.69, 9.17) is 4.74 Å². The normalized spacial score (nSPS) is 21.9. The number of hydrogen-bond acceptors (Lipinski definition) is 4. The predicted molar refractivity (Wildman–Crippen MR) is 121 cm³/mol. The number of hydrogen-bond donors (Lipinski definition) is 0. The van der Waals surface area contributed by atoms with Gasteiger partial charge in [0.2, 0.25) is 0 Å². The van der Waals surface area contributed by atoms with Crippen LogP contribution in [0.5, 0.6) is 0 Å². The third kappa shape index (κ3) is 4.28. The van der Waals surface area contributed by atoms with Crippen molar-refractivity contribution in [1.29, 1.82) is 0 Å². The molecule has 2 amide bonds. The number of amides is 2. The Bertz CT molecular complexity index is 1020. The lowest BCUT2D eigenvalue weighted by Crippen LogP contribution is -2.47. The lowest BCUT2D eigenvalue weighted by molar-refractivity contribution is -0.138. The molecule has 0 aromatic heterocycles. The van der Waals surface area contributed by atoms with Crippen molar-refractivity contribution in [3.8, 4) is 0 Å². The molecule has 0 bridgehead atoms. The van der Waals surface area contributed by atoms with Gasteiger partial charge in [-0.1, -0.05) is 54.1 Å². The summed E-state index contributed by atoms with van der Waals surface area (Å²) >= 11 is 0. The standard InChI is InChI=1S/C26H30N2O3/c1-17-10-11-22(18(2)14-17)23-24(27-15-19(3)31-20(4)16-27)26(30)28(25(23)29)13-12-21-8-6-5-7-9-21/h5-11,14,19-20H,12-13,15-16H2,1-4H3. The smallest absolute Gasteiger partial charge is 0.277 e. The molecule has 0 spiro atoms. The van der Waals surface area contributed by atoms with Crippen LogP contribution in [0.25, 0.3) is 5.57 Å². The molecule has 5 heteroatoms. The van der Waals surface area contributed by atoms with Gasteiger partial charge in [0.15, 0.2) is 0 Å². The second kappa shape index (κ2) is 8.67. The summed E-state index contributed by atoms with van der Waals surface area (Å²) < 4.78 is 5.88. The topological polar surface area (TPSA) is 49.9 Å². The number of aryl methyl sites for hydroxylation is 2. The lowest BCUT2D eigenvalue weighted by atomic mass is 9.97. The summed E-state index contributed by atoms with van der Waals surface area (Å²) in [5.41, 5.74) is 5.14. The number of carbonyl (C=O) groups excluding carboxylic acids is 2. The van der Waals surface area contributed by atoms with Gasteiger partial charge in [-0.15, -0.1) is 0 Å². The third-order valence-corrected chi connectivity index (χ3v) is 6.00. The number of benzene rings is 2. The molecule has 2 heterocycles. The van der Waals surface area contributed by atoms with Crippen LogP contribution < -0.4 is 0 Å². The van der Waals surface area contributed by atoms with E-state index < -0.39 is 0 Å². The first-order chi connectivity index (χ1) is 14.8. The summed E-state index contributed by atoms with van der Waals surface area (Å²) in [6.07, 6.45) is 0.637. The maximum atomic E-state index is 13.6. The fraction of sp³-hybridized carbons (Fsp3) is 0.385. The molecule has 0 radical (unpaired) electrons. The van der Waals surface area contributed by atoms with Gasteiger partial charge in [0.05, 0.1) is 17.8 Å². The van der Waals surface area contributed by atoms with Crippen LogP contribution in [0.4, 0.5) is 0 Å². The summed E-state index contributed by atoms with van der Waals surface area (Å²) in [5.74, 6) is -0.396. The Hall–Kier alpha value is -2.92. The first-order valence-electron chi connectivity index (χ1n) is 11.0. The second-order valence-corrected chi connectivity index (χ2v) is 8.70. The Morgan fingerprint density at radius 3 is 2.26 bits per heavy atom. The lowest BCUT2D eigenvalue weighted by Gasteiger charge is -2.37. The predicted octanol–water partition coefficient (Wildman–Crippen LogP) is 3.74. The Balaban J connectivity index is 1.72. The summed E-state index contributed by atoms with van der Waals surface area (Å²) in [5, 5.41) is 0. The van der Waals surface area contributed by atoms with E-state index in [1.165, 1.54) is 4.90 Å². The highest BCUT2D eigenvalue weighted by Crippen LogP contribution is 2.35. The summed E-state index contributed by atoms with van der Waals surface area (Å²) in [4.78, 5) is 30.6. The minimum atomic E-state index is -0.199. The molecule has 162 valence electrons. The van der Waals surface area contributed by atoms with E-state index in [-0.39, 0.29) is 24.0 Å². The number of ether oxygens (including phenoxy) is 1. The number of imide groups is 1. The maximum Gasteiger partial charge on any atom is 0.277 e. The number of nitrogens with zero attached hydrogens (tertiary/aromatic N) is 2. The first-order valence-corrected chi connectivity index (χ1v) is 11.0. The van der Waals surface area contributed by atoms with Gasteiger partial charge in [0.25, 0.3) is 11.8 Å². The van der Waals surface area contributed by atoms with E-state index in [2.05, 4.69) is 11.0 Å². The molecule has 2 aliphatic rings. The minimum absolute atomic E-state index is 0.00196. The average Bonchev–Trinajstić information content (AvgIpc) is 2.96. The summed E-state index contributed by atoms with van der Waals surface area (Å²) in [6.45, 7) is 9.62. The van der Waals surface area contributed by atoms with Crippen molar-refractivity contribution >= 4 is 17.4 Å². The van der Waals surface area contributed by atoms with Crippen LogP contribution in [0.3, 0.4) is 0 Å². The number of morpholine rings is 1. The van der Waals surface area contributed by atoms with Crippen molar-refractivity contribution in [3.05, 3.63) is 76.5 Å². The molecular formula is C26H30N2O3. The van der Waals surface area contributed by atoms with Gasteiger partial charge in [-0.2, -0.15) is 0 Å². The largest absolute Gasteiger partial charge is 0.372 e. The Kier molecular flexibility index (Phi) is 5.96. The molecule has 4 rings (SSSR count). The highest BCUT2D eigenvalue weighted by Gasteiger charge is 2.43. The third-order valence-electron chi connectivity index (χ3n) is 6.00. The Labute approximate surface area is 184 Å². The molecular weight excluding hydrogens is 388 g/mol. The van der Waals surface area contributed by atoms with Crippen LogP contribution in [-0.2, 0) is 20.7 Å². The van der Waals surface area contributed by atoms with Crippen LogP contribution in [0.15, 0.2) is 54.2 Å². The molecule has 1 fully saturated rings. The highest BCUT2D eigenvalue weighted by atomic mass is 16.5. The van der Waals surface area contributed by atoms with Crippen LogP contribution in [0.2, 0.25) is 0 Å². The fourth-order valence-corrected chi connectivity index (χ4v) is 4.64. The van der Waals surface area contributed by atoms with Crippen LogP contribution in [-0.4, -0.2) is 53.5 Å². The first kappa shape index (κ1) is 21.3. The van der Waals surface area contributed by atoms with Gasteiger partial charge in [-0.25, -0.2) is 0 Å². The fourth-order valence-electron chi connectivity index (χ4n) is 4.64. The highest BCUT2D eigenvalue weighted by molar-refractivity contribution is 6.35. The van der Waals surface area contributed by atoms with Gasteiger partial charge in [-0.05, 0) is 50.8 Å². The minimum Gasteiger partial charge on any atom is -0.372 e. The van der Waals surface area contributed by atoms with Crippen LogP contribution in [0, 0.1) is 13.8 Å². The van der Waals surface area contributed by atoms with Gasteiger partial charge in [0, 0.05) is 19.6 Å². The van der Waals surface area contributed by atoms with Crippen molar-refractivity contribution in [2.45, 2.75) is 46.3 Å². The van der Waals surface area contributed by atoms with E-state index in [0.717, 1.165) is 22.3 Å². The SMILES string of the molecule is Cc1ccc(C2=C(N3CC(C)OC(C)C3)C(=O)N(CCc3ccccc3)C2=O)c(C)c1. The Morgan fingerprint density at radius 2 is 1.61 bits per heavy atom. The molecule has 0 N–H and O–H groups in total. The van der Waals surface area contributed by atoms with E-state index >= 15 is 0 Å². The second-order valence-electron chi connectivity index (χ2n) is 8.70. The molecule has 31 heavy (non-hydrogen) atoms. The monoisotopic (exact) mass is 418 g/mol. The van der Waals surface area contributed by atoms with E-state index in [1.54, 1.807) is 0 Å². The summed E-state index contributed by atoms with van der Waals surface area (Å²) in [7, 11) is 0. The van der Waals surface area contributed by atoms with E-state index in [0.29, 0.717) is 37.3 Å². The van der Waals surface area contributed by atoms with Gasteiger partial charge < -0.3 is 9.64 Å². The quantitative estimate of drug-likeness (QED) is 0.694. The molecule has 2 aromatic rings. The molecule has 0 saturated carbocycles. The Morgan fingerprint density at radius 1 is 0.935 bits per heavy atom.